The van der Waals surface area contributed by atoms with Gasteiger partial charge in [-0.1, -0.05) is 227 Å². The van der Waals surface area contributed by atoms with Crippen molar-refractivity contribution >= 4 is 17.9 Å². The molecule has 2 atom stereocenters. The molecule has 0 fully saturated rings. The molecule has 0 N–H and O–H groups in total. The van der Waals surface area contributed by atoms with Crippen molar-refractivity contribution in [3.8, 4) is 0 Å². The van der Waals surface area contributed by atoms with Crippen LogP contribution in [0.4, 0.5) is 0 Å². The lowest BCUT2D eigenvalue weighted by molar-refractivity contribution is -0.167. The topological polar surface area (TPSA) is 78.9 Å². The molecule has 55 heavy (non-hydrogen) atoms. The van der Waals surface area contributed by atoms with Crippen molar-refractivity contribution in [2.45, 2.75) is 272 Å². The zero-order chi connectivity index (χ0) is 40.5. The van der Waals surface area contributed by atoms with E-state index in [1.54, 1.807) is 0 Å². The molecule has 6 nitrogen and oxygen atoms in total. The fourth-order valence-electron chi connectivity index (χ4n) is 7.25. The molecule has 326 valence electrons. The van der Waals surface area contributed by atoms with Crippen LogP contribution >= 0.6 is 0 Å². The van der Waals surface area contributed by atoms with Gasteiger partial charge in [-0.05, 0) is 31.1 Å². The first-order valence-electron chi connectivity index (χ1n) is 24.3. The Bertz CT molecular complexity index is 841. The van der Waals surface area contributed by atoms with Crippen LogP contribution in [0.5, 0.6) is 0 Å². The molecule has 0 amide bonds. The molecular formula is C49H94O6. The lowest BCUT2D eigenvalue weighted by Crippen LogP contribution is -2.30. The van der Waals surface area contributed by atoms with Crippen molar-refractivity contribution in [2.24, 2.45) is 11.8 Å². The second kappa shape index (κ2) is 42.0. The lowest BCUT2D eigenvalue weighted by Gasteiger charge is -2.18. The minimum atomic E-state index is -0.760. The zero-order valence-corrected chi connectivity index (χ0v) is 37.6. The fraction of sp³-hybridized carbons (Fsp3) is 0.939. The van der Waals surface area contributed by atoms with Crippen molar-refractivity contribution in [3.05, 3.63) is 0 Å². The smallest absolute Gasteiger partial charge is 0.306 e. The van der Waals surface area contributed by atoms with Gasteiger partial charge < -0.3 is 14.2 Å². The number of carbonyl (C=O) groups is 3. The minimum Gasteiger partial charge on any atom is -0.462 e. The Morgan fingerprint density at radius 3 is 1.04 bits per heavy atom. The fourth-order valence-corrected chi connectivity index (χ4v) is 7.25. The summed E-state index contributed by atoms with van der Waals surface area (Å²) in [5, 5.41) is 0. The molecule has 1 unspecified atom stereocenters. The van der Waals surface area contributed by atoms with Gasteiger partial charge in [0.15, 0.2) is 6.10 Å². The third-order valence-electron chi connectivity index (χ3n) is 11.3. The molecule has 0 saturated heterocycles. The van der Waals surface area contributed by atoms with Crippen LogP contribution in [-0.4, -0.2) is 37.2 Å². The molecule has 0 aliphatic carbocycles. The van der Waals surface area contributed by atoms with Gasteiger partial charge in [0.1, 0.15) is 13.2 Å². The second-order valence-corrected chi connectivity index (χ2v) is 17.5. The van der Waals surface area contributed by atoms with Crippen molar-refractivity contribution in [2.75, 3.05) is 13.2 Å². The van der Waals surface area contributed by atoms with Crippen LogP contribution in [0, 0.1) is 11.8 Å². The summed E-state index contributed by atoms with van der Waals surface area (Å²) in [5.74, 6) is 0.848. The molecule has 0 radical (unpaired) electrons. The molecule has 0 rings (SSSR count). The Hall–Kier alpha value is -1.59. The second-order valence-electron chi connectivity index (χ2n) is 17.5. The van der Waals surface area contributed by atoms with Gasteiger partial charge in [0.05, 0.1) is 0 Å². The first-order valence-corrected chi connectivity index (χ1v) is 24.3. The Labute approximate surface area is 342 Å². The molecule has 0 heterocycles. The van der Waals surface area contributed by atoms with E-state index in [4.69, 9.17) is 14.2 Å². The molecule has 0 aromatic carbocycles. The molecule has 0 saturated carbocycles. The molecule has 0 aromatic heterocycles. The maximum Gasteiger partial charge on any atom is 0.306 e. The number of rotatable bonds is 43. The maximum absolute atomic E-state index is 12.7. The van der Waals surface area contributed by atoms with E-state index < -0.39 is 6.10 Å². The Kier molecular flexibility index (Phi) is 40.8. The Morgan fingerprint density at radius 1 is 0.382 bits per heavy atom. The molecule has 0 aromatic rings. The summed E-state index contributed by atoms with van der Waals surface area (Å²) in [5.41, 5.74) is 0. The van der Waals surface area contributed by atoms with E-state index in [0.29, 0.717) is 19.3 Å². The summed E-state index contributed by atoms with van der Waals surface area (Å²) in [4.78, 5) is 37.7. The van der Waals surface area contributed by atoms with Crippen LogP contribution < -0.4 is 0 Å². The van der Waals surface area contributed by atoms with Crippen LogP contribution in [0.25, 0.3) is 0 Å². The molecule has 0 aliphatic rings. The highest BCUT2D eigenvalue weighted by Gasteiger charge is 2.19. The van der Waals surface area contributed by atoms with Crippen LogP contribution in [0.2, 0.25) is 0 Å². The van der Waals surface area contributed by atoms with Gasteiger partial charge in [-0.2, -0.15) is 0 Å². The monoisotopic (exact) mass is 779 g/mol. The third kappa shape index (κ3) is 41.9. The predicted molar refractivity (Wildman–Crippen MR) is 233 cm³/mol. The van der Waals surface area contributed by atoms with Gasteiger partial charge >= 0.3 is 17.9 Å². The first-order chi connectivity index (χ1) is 26.8. The maximum atomic E-state index is 12.7. The van der Waals surface area contributed by atoms with E-state index in [1.165, 1.54) is 154 Å². The van der Waals surface area contributed by atoms with Crippen LogP contribution in [0.15, 0.2) is 0 Å². The normalized spacial score (nSPS) is 12.5. The largest absolute Gasteiger partial charge is 0.462 e. The van der Waals surface area contributed by atoms with Gasteiger partial charge in [0.25, 0.3) is 0 Å². The van der Waals surface area contributed by atoms with E-state index in [9.17, 15) is 14.4 Å². The SMILES string of the molecule is CCCCCCCCCC(=O)OC[C@@H](COC(=O)CCCCCCCCCCCCCCCC(C)C)OC(=O)CCCCCCCCCCCCC(C)CC. The van der Waals surface area contributed by atoms with Crippen molar-refractivity contribution in [1.82, 2.24) is 0 Å². The quantitative estimate of drug-likeness (QED) is 0.0348. The summed E-state index contributed by atoms with van der Waals surface area (Å²) in [7, 11) is 0. The van der Waals surface area contributed by atoms with Crippen molar-refractivity contribution in [1.29, 1.82) is 0 Å². The number of esters is 3. The molecule has 0 spiro atoms. The standard InChI is InChI=1S/C49H94O6/c1-6-8-9-10-22-29-34-39-47(50)53-42-46(55-49(52)41-36-31-26-21-17-16-19-24-28-33-38-45(5)7-2)43-54-48(51)40-35-30-25-20-15-13-11-12-14-18-23-27-32-37-44(3)4/h44-46H,6-43H2,1-5H3/t45?,46-/m0/s1. The molecule has 0 aliphatic heterocycles. The van der Waals surface area contributed by atoms with Gasteiger partial charge in [0.2, 0.25) is 0 Å². The molecule has 6 heteroatoms. The van der Waals surface area contributed by atoms with E-state index >= 15 is 0 Å². The molecular weight excluding hydrogens is 685 g/mol. The van der Waals surface area contributed by atoms with E-state index in [0.717, 1.165) is 69.6 Å². The summed E-state index contributed by atoms with van der Waals surface area (Å²) in [6.07, 6.45) is 40.9. The summed E-state index contributed by atoms with van der Waals surface area (Å²) < 4.78 is 16.7. The summed E-state index contributed by atoms with van der Waals surface area (Å²) in [6.45, 7) is 11.3. The number of carbonyl (C=O) groups excluding carboxylic acids is 3. The first kappa shape index (κ1) is 53.4. The zero-order valence-electron chi connectivity index (χ0n) is 37.6. The average Bonchev–Trinajstić information content (AvgIpc) is 3.17. The van der Waals surface area contributed by atoms with Gasteiger partial charge in [-0.3, -0.25) is 14.4 Å². The van der Waals surface area contributed by atoms with Gasteiger partial charge in [-0.25, -0.2) is 0 Å². The van der Waals surface area contributed by atoms with Crippen LogP contribution in [-0.2, 0) is 28.6 Å². The average molecular weight is 779 g/mol. The summed E-state index contributed by atoms with van der Waals surface area (Å²) >= 11 is 0. The Morgan fingerprint density at radius 2 is 0.691 bits per heavy atom. The van der Waals surface area contributed by atoms with E-state index in [1.807, 2.05) is 0 Å². The number of ether oxygens (including phenoxy) is 3. The van der Waals surface area contributed by atoms with Gasteiger partial charge in [0, 0.05) is 19.3 Å². The lowest BCUT2D eigenvalue weighted by atomic mass is 9.99. The summed E-state index contributed by atoms with van der Waals surface area (Å²) in [6, 6.07) is 0. The van der Waals surface area contributed by atoms with Gasteiger partial charge in [-0.15, -0.1) is 0 Å². The highest BCUT2D eigenvalue weighted by molar-refractivity contribution is 5.71. The van der Waals surface area contributed by atoms with Crippen LogP contribution in [0.3, 0.4) is 0 Å². The Balaban J connectivity index is 4.24. The van der Waals surface area contributed by atoms with Crippen molar-refractivity contribution < 1.29 is 28.6 Å². The third-order valence-corrected chi connectivity index (χ3v) is 11.3. The molecule has 0 bridgehead atoms. The van der Waals surface area contributed by atoms with Crippen LogP contribution in [0.1, 0.15) is 266 Å². The highest BCUT2D eigenvalue weighted by atomic mass is 16.6. The number of hydrogen-bond acceptors (Lipinski definition) is 6. The van der Waals surface area contributed by atoms with Crippen molar-refractivity contribution in [3.63, 3.8) is 0 Å². The number of hydrogen-bond donors (Lipinski definition) is 0. The van der Waals surface area contributed by atoms with E-state index in [-0.39, 0.29) is 31.1 Å². The van der Waals surface area contributed by atoms with E-state index in [2.05, 4.69) is 34.6 Å². The number of unbranched alkanes of at least 4 members (excludes halogenated alkanes) is 27. The minimum absolute atomic E-state index is 0.0646. The predicted octanol–water partition coefficient (Wildman–Crippen LogP) is 15.4. The highest BCUT2D eigenvalue weighted by Crippen LogP contribution is 2.17.